The highest BCUT2D eigenvalue weighted by molar-refractivity contribution is 6.25. The molecule has 0 unspecified atom stereocenters. The van der Waals surface area contributed by atoms with E-state index in [4.69, 9.17) is 11.5 Å². The highest BCUT2D eigenvalue weighted by Crippen LogP contribution is 2.43. The van der Waals surface area contributed by atoms with Gasteiger partial charge in [-0.15, -0.1) is 0 Å². The van der Waals surface area contributed by atoms with Crippen molar-refractivity contribution in [1.29, 1.82) is 0 Å². The topological polar surface area (TPSA) is 55.3 Å². The fraction of sp³-hybridized carbons (Fsp3) is 0. The summed E-state index contributed by atoms with van der Waals surface area (Å²) in [6.07, 6.45) is 0. The van der Waals surface area contributed by atoms with Gasteiger partial charge in [-0.2, -0.15) is 0 Å². The summed E-state index contributed by atoms with van der Waals surface area (Å²) < 4.78 is 0. The van der Waals surface area contributed by atoms with Crippen LogP contribution in [0.4, 0.5) is 28.4 Å². The zero-order valence-electron chi connectivity index (χ0n) is 16.9. The molecule has 0 heterocycles. The Morgan fingerprint density at radius 2 is 0.935 bits per heavy atom. The molecule has 31 heavy (non-hydrogen) atoms. The molecule has 0 saturated heterocycles. The van der Waals surface area contributed by atoms with Gasteiger partial charge in [0.25, 0.3) is 0 Å². The normalized spacial score (nSPS) is 11.5. The summed E-state index contributed by atoms with van der Waals surface area (Å²) in [6.45, 7) is 0. The van der Waals surface area contributed by atoms with Gasteiger partial charge in [0.1, 0.15) is 0 Å². The summed E-state index contributed by atoms with van der Waals surface area (Å²) >= 11 is 0. The lowest BCUT2D eigenvalue weighted by Gasteiger charge is -2.28. The number of nitrogens with zero attached hydrogens (tertiary/aromatic N) is 1. The standard InChI is InChI=1S/C28H21N3/c29-21-8-12-23(13-9-21)31(24-14-10-22(30)11-15-24)26-17-7-20-5-4-18-2-1-3-19-6-16-25(26)28(20)27(18)19/h1-17H,29-30H2. The van der Waals surface area contributed by atoms with Crippen LogP contribution in [0.25, 0.3) is 32.3 Å². The van der Waals surface area contributed by atoms with Gasteiger partial charge < -0.3 is 16.4 Å². The molecular weight excluding hydrogens is 378 g/mol. The maximum absolute atomic E-state index is 5.98. The van der Waals surface area contributed by atoms with Gasteiger partial charge in [0.15, 0.2) is 0 Å². The van der Waals surface area contributed by atoms with Gasteiger partial charge in [0.2, 0.25) is 0 Å². The van der Waals surface area contributed by atoms with Gasteiger partial charge in [0.05, 0.1) is 5.69 Å². The fourth-order valence-electron chi connectivity index (χ4n) is 4.59. The molecule has 0 bridgehead atoms. The van der Waals surface area contributed by atoms with Crippen molar-refractivity contribution in [3.05, 3.63) is 103 Å². The molecule has 0 aliphatic carbocycles. The predicted octanol–water partition coefficient (Wildman–Crippen LogP) is 7.22. The van der Waals surface area contributed by atoms with E-state index in [1.54, 1.807) is 0 Å². The van der Waals surface area contributed by atoms with Gasteiger partial charge in [-0.05, 0) is 81.5 Å². The van der Waals surface area contributed by atoms with Crippen molar-refractivity contribution in [3.8, 4) is 0 Å². The summed E-state index contributed by atoms with van der Waals surface area (Å²) in [5.74, 6) is 0. The van der Waals surface area contributed by atoms with E-state index in [9.17, 15) is 0 Å². The highest BCUT2D eigenvalue weighted by atomic mass is 15.1. The number of hydrogen-bond acceptors (Lipinski definition) is 3. The Morgan fingerprint density at radius 1 is 0.452 bits per heavy atom. The lowest BCUT2D eigenvalue weighted by molar-refractivity contribution is 1.30. The van der Waals surface area contributed by atoms with E-state index in [-0.39, 0.29) is 0 Å². The largest absolute Gasteiger partial charge is 0.399 e. The Hall–Kier alpha value is -4.24. The maximum atomic E-state index is 5.98. The number of anilines is 5. The van der Waals surface area contributed by atoms with Gasteiger partial charge >= 0.3 is 0 Å². The fourth-order valence-corrected chi connectivity index (χ4v) is 4.59. The van der Waals surface area contributed by atoms with Crippen molar-refractivity contribution in [1.82, 2.24) is 0 Å². The average molecular weight is 399 g/mol. The molecule has 4 N–H and O–H groups in total. The third kappa shape index (κ3) is 2.75. The van der Waals surface area contributed by atoms with E-state index in [1.807, 2.05) is 24.3 Å². The number of hydrogen-bond donors (Lipinski definition) is 2. The molecule has 0 aromatic heterocycles. The Bertz CT molecular complexity index is 1470. The second-order valence-corrected chi connectivity index (χ2v) is 7.96. The molecule has 6 aromatic carbocycles. The van der Waals surface area contributed by atoms with E-state index in [2.05, 4.69) is 83.8 Å². The van der Waals surface area contributed by atoms with Gasteiger partial charge in [-0.25, -0.2) is 0 Å². The minimum absolute atomic E-state index is 0.747. The van der Waals surface area contributed by atoms with Crippen LogP contribution in [0.2, 0.25) is 0 Å². The Morgan fingerprint density at radius 3 is 1.52 bits per heavy atom. The van der Waals surface area contributed by atoms with Crippen molar-refractivity contribution in [3.63, 3.8) is 0 Å². The van der Waals surface area contributed by atoms with Crippen LogP contribution >= 0.6 is 0 Å². The van der Waals surface area contributed by atoms with Crippen LogP contribution in [-0.4, -0.2) is 0 Å². The van der Waals surface area contributed by atoms with Crippen LogP contribution in [0, 0.1) is 0 Å². The Balaban J connectivity index is 1.69. The van der Waals surface area contributed by atoms with Crippen molar-refractivity contribution in [2.24, 2.45) is 0 Å². The quantitative estimate of drug-likeness (QED) is 0.244. The number of benzene rings is 6. The van der Waals surface area contributed by atoms with Crippen molar-refractivity contribution >= 4 is 60.8 Å². The first-order chi connectivity index (χ1) is 15.2. The van der Waals surface area contributed by atoms with Gasteiger partial charge in [0, 0.05) is 28.1 Å². The molecule has 6 rings (SSSR count). The SMILES string of the molecule is Nc1ccc(N(c2ccc(N)cc2)c2ccc3ccc4cccc5ccc2c3c45)cc1. The molecule has 0 spiro atoms. The smallest absolute Gasteiger partial charge is 0.0540 e. The van der Waals surface area contributed by atoms with Crippen molar-refractivity contribution in [2.75, 3.05) is 16.4 Å². The van der Waals surface area contributed by atoms with E-state index in [1.165, 1.54) is 32.3 Å². The van der Waals surface area contributed by atoms with Crippen molar-refractivity contribution < 1.29 is 0 Å². The van der Waals surface area contributed by atoms with Crippen LogP contribution in [0.3, 0.4) is 0 Å². The zero-order valence-corrected chi connectivity index (χ0v) is 16.9. The summed E-state index contributed by atoms with van der Waals surface area (Å²) in [5, 5.41) is 7.60. The summed E-state index contributed by atoms with van der Waals surface area (Å²) in [7, 11) is 0. The molecule has 0 amide bonds. The minimum Gasteiger partial charge on any atom is -0.399 e. The minimum atomic E-state index is 0.747. The second-order valence-electron chi connectivity index (χ2n) is 7.96. The zero-order chi connectivity index (χ0) is 20.9. The van der Waals surface area contributed by atoms with Crippen LogP contribution in [-0.2, 0) is 0 Å². The van der Waals surface area contributed by atoms with Crippen molar-refractivity contribution in [2.45, 2.75) is 0 Å². The average Bonchev–Trinajstić information content (AvgIpc) is 2.81. The molecule has 0 aliphatic heterocycles. The molecule has 6 aromatic rings. The summed E-state index contributed by atoms with van der Waals surface area (Å²) in [4.78, 5) is 2.27. The summed E-state index contributed by atoms with van der Waals surface area (Å²) in [5.41, 5.74) is 16.7. The van der Waals surface area contributed by atoms with Crippen LogP contribution in [0.15, 0.2) is 103 Å². The first kappa shape index (κ1) is 17.6. The lowest BCUT2D eigenvalue weighted by atomic mass is 9.93. The molecule has 148 valence electrons. The van der Waals surface area contributed by atoms with Crippen LogP contribution in [0.1, 0.15) is 0 Å². The third-order valence-electron chi connectivity index (χ3n) is 6.05. The molecule has 0 atom stereocenters. The van der Waals surface area contributed by atoms with E-state index in [0.29, 0.717) is 0 Å². The van der Waals surface area contributed by atoms with E-state index >= 15 is 0 Å². The lowest BCUT2D eigenvalue weighted by Crippen LogP contribution is -2.10. The third-order valence-corrected chi connectivity index (χ3v) is 6.05. The first-order valence-corrected chi connectivity index (χ1v) is 10.4. The first-order valence-electron chi connectivity index (χ1n) is 10.4. The highest BCUT2D eigenvalue weighted by Gasteiger charge is 2.18. The maximum Gasteiger partial charge on any atom is 0.0540 e. The van der Waals surface area contributed by atoms with E-state index in [0.717, 1.165) is 28.4 Å². The molecule has 0 aliphatic rings. The predicted molar refractivity (Wildman–Crippen MR) is 134 cm³/mol. The molecule has 0 fully saturated rings. The molecule has 0 radical (unpaired) electrons. The molecule has 0 saturated carbocycles. The molecule has 3 heteroatoms. The number of nitrogens with two attached hydrogens (primary N) is 2. The molecular formula is C28H21N3. The van der Waals surface area contributed by atoms with Gasteiger partial charge in [-0.3, -0.25) is 0 Å². The van der Waals surface area contributed by atoms with Crippen LogP contribution < -0.4 is 16.4 Å². The monoisotopic (exact) mass is 399 g/mol. The summed E-state index contributed by atoms with van der Waals surface area (Å²) in [6, 6.07) is 35.8. The Labute approximate surface area is 180 Å². The number of nitrogen functional groups attached to an aromatic ring is 2. The number of rotatable bonds is 3. The van der Waals surface area contributed by atoms with E-state index < -0.39 is 0 Å². The molecule has 3 nitrogen and oxygen atoms in total. The van der Waals surface area contributed by atoms with Crippen LogP contribution in [0.5, 0.6) is 0 Å². The Kier molecular flexibility index (Phi) is 3.77. The second kappa shape index (κ2) is 6.64. The van der Waals surface area contributed by atoms with Gasteiger partial charge in [-0.1, -0.05) is 48.5 Å².